The third-order valence-corrected chi connectivity index (χ3v) is 7.20. The van der Waals surface area contributed by atoms with Crippen LogP contribution in [-0.2, 0) is 11.2 Å². The minimum absolute atomic E-state index is 0.193. The first-order valence-corrected chi connectivity index (χ1v) is 11.2. The first-order chi connectivity index (χ1) is 14.7. The van der Waals surface area contributed by atoms with Crippen LogP contribution in [0.3, 0.4) is 0 Å². The van der Waals surface area contributed by atoms with E-state index < -0.39 is 0 Å². The number of nitrogens with zero attached hydrogens (tertiary/aromatic N) is 3. The second-order valence-electron chi connectivity index (χ2n) is 8.94. The maximum atomic E-state index is 12.2. The van der Waals surface area contributed by atoms with Crippen molar-refractivity contribution in [1.82, 2.24) is 19.6 Å². The summed E-state index contributed by atoms with van der Waals surface area (Å²) in [5, 5.41) is 3.61. The van der Waals surface area contributed by atoms with E-state index in [1.54, 1.807) is 0 Å². The van der Waals surface area contributed by atoms with E-state index in [1.165, 1.54) is 36.9 Å². The van der Waals surface area contributed by atoms with Crippen LogP contribution in [-0.4, -0.2) is 45.9 Å². The van der Waals surface area contributed by atoms with E-state index in [0.29, 0.717) is 5.92 Å². The molecule has 1 atom stereocenters. The van der Waals surface area contributed by atoms with Gasteiger partial charge in [-0.3, -0.25) is 4.79 Å². The molecule has 1 saturated carbocycles. The topological polar surface area (TPSA) is 49.6 Å². The van der Waals surface area contributed by atoms with Crippen molar-refractivity contribution in [1.29, 1.82) is 0 Å². The fraction of sp³-hybridized carbons (Fsp3) is 0.440. The quantitative estimate of drug-likeness (QED) is 0.660. The van der Waals surface area contributed by atoms with E-state index in [0.717, 1.165) is 49.4 Å². The summed E-state index contributed by atoms with van der Waals surface area (Å²) in [7, 11) is 0. The molecule has 5 rings (SSSR count). The zero-order valence-corrected chi connectivity index (χ0v) is 17.7. The van der Waals surface area contributed by atoms with Crippen LogP contribution in [0.25, 0.3) is 16.9 Å². The molecular formula is C25H30N4O. The average molecular weight is 403 g/mol. The van der Waals surface area contributed by atoms with Crippen LogP contribution >= 0.6 is 0 Å². The Balaban J connectivity index is 1.66. The van der Waals surface area contributed by atoms with Crippen LogP contribution in [0.5, 0.6) is 0 Å². The van der Waals surface area contributed by atoms with Crippen LogP contribution in [0.15, 0.2) is 48.7 Å². The van der Waals surface area contributed by atoms with Crippen molar-refractivity contribution in [3.8, 4) is 11.3 Å². The van der Waals surface area contributed by atoms with E-state index in [2.05, 4.69) is 64.1 Å². The Kier molecular flexibility index (Phi) is 5.07. The summed E-state index contributed by atoms with van der Waals surface area (Å²) in [6, 6.07) is 14.8. The zero-order chi connectivity index (χ0) is 20.6. The summed E-state index contributed by atoms with van der Waals surface area (Å²) >= 11 is 0. The first-order valence-electron chi connectivity index (χ1n) is 11.2. The molecule has 2 aliphatic rings. The summed E-state index contributed by atoms with van der Waals surface area (Å²) in [6.07, 6.45) is 8.93. The van der Waals surface area contributed by atoms with Crippen LogP contribution in [0.2, 0.25) is 0 Å². The van der Waals surface area contributed by atoms with Crippen molar-refractivity contribution in [2.45, 2.75) is 44.6 Å². The summed E-state index contributed by atoms with van der Waals surface area (Å²) in [5.41, 5.74) is 5.40. The number of piperazine rings is 1. The lowest BCUT2D eigenvalue weighted by Crippen LogP contribution is -2.65. The fourth-order valence-electron chi connectivity index (χ4n) is 5.58. The molecule has 1 unspecified atom stereocenters. The number of pyridine rings is 1. The number of amides is 1. The number of benzene rings is 1. The number of rotatable bonds is 5. The highest BCUT2D eigenvalue weighted by Crippen LogP contribution is 2.41. The highest BCUT2D eigenvalue weighted by atomic mass is 16.1. The molecule has 1 aromatic carbocycles. The highest BCUT2D eigenvalue weighted by Gasteiger charge is 2.47. The van der Waals surface area contributed by atoms with Gasteiger partial charge in [0.2, 0.25) is 6.41 Å². The number of carbonyl (C=O) groups excluding carboxylic acids is 1. The van der Waals surface area contributed by atoms with Gasteiger partial charge in [0.25, 0.3) is 0 Å². The Morgan fingerprint density at radius 2 is 1.97 bits per heavy atom. The minimum atomic E-state index is -0.193. The van der Waals surface area contributed by atoms with Crippen LogP contribution in [0.1, 0.15) is 36.9 Å². The van der Waals surface area contributed by atoms with Crippen molar-refractivity contribution in [2.24, 2.45) is 5.92 Å². The Bertz CT molecular complexity index is 1030. The average Bonchev–Trinajstić information content (AvgIpc) is 3.44. The molecule has 3 heterocycles. The second kappa shape index (κ2) is 7.88. The summed E-state index contributed by atoms with van der Waals surface area (Å²) < 4.78 is 2.23. The molecule has 1 N–H and O–H groups in total. The highest BCUT2D eigenvalue weighted by molar-refractivity contribution is 5.67. The molecule has 3 aromatic rings. The largest absolute Gasteiger partial charge is 0.336 e. The minimum Gasteiger partial charge on any atom is -0.336 e. The van der Waals surface area contributed by atoms with Crippen molar-refractivity contribution < 1.29 is 4.79 Å². The van der Waals surface area contributed by atoms with Crippen LogP contribution in [0.4, 0.5) is 0 Å². The van der Waals surface area contributed by atoms with E-state index in [1.807, 2.05) is 6.07 Å². The van der Waals surface area contributed by atoms with E-state index in [4.69, 9.17) is 4.98 Å². The molecular weight excluding hydrogens is 372 g/mol. The zero-order valence-electron chi connectivity index (χ0n) is 17.7. The Morgan fingerprint density at radius 3 is 2.73 bits per heavy atom. The number of hydrogen-bond acceptors (Lipinski definition) is 3. The SMILES string of the molecule is Cc1ccc(-c2nc3ccccn3c2CC2(C3CCCC3)CNCCN2C=O)cc1. The number of carbonyl (C=O) groups is 1. The molecule has 0 bridgehead atoms. The fourth-order valence-corrected chi connectivity index (χ4v) is 5.58. The molecule has 0 radical (unpaired) electrons. The molecule has 2 fully saturated rings. The molecule has 1 aliphatic heterocycles. The molecule has 0 spiro atoms. The molecule has 2 aromatic heterocycles. The van der Waals surface area contributed by atoms with Crippen molar-refractivity contribution in [3.63, 3.8) is 0 Å². The van der Waals surface area contributed by atoms with Gasteiger partial charge in [0.1, 0.15) is 5.65 Å². The number of imidazole rings is 1. The normalized spacial score (nSPS) is 22.6. The molecule has 1 aliphatic carbocycles. The van der Waals surface area contributed by atoms with Crippen molar-refractivity contribution in [2.75, 3.05) is 19.6 Å². The van der Waals surface area contributed by atoms with Gasteiger partial charge in [-0.25, -0.2) is 4.98 Å². The van der Waals surface area contributed by atoms with Gasteiger partial charge >= 0.3 is 0 Å². The van der Waals surface area contributed by atoms with Gasteiger partial charge in [-0.15, -0.1) is 0 Å². The van der Waals surface area contributed by atoms with Gasteiger partial charge < -0.3 is 14.6 Å². The lowest BCUT2D eigenvalue weighted by Gasteiger charge is -2.49. The summed E-state index contributed by atoms with van der Waals surface area (Å²) in [4.78, 5) is 19.3. The lowest BCUT2D eigenvalue weighted by atomic mass is 9.76. The Morgan fingerprint density at radius 1 is 1.17 bits per heavy atom. The van der Waals surface area contributed by atoms with Crippen LogP contribution in [0, 0.1) is 12.8 Å². The summed E-state index contributed by atoms with van der Waals surface area (Å²) in [6.45, 7) is 4.60. The number of aromatic nitrogens is 2. The molecule has 156 valence electrons. The maximum Gasteiger partial charge on any atom is 0.210 e. The van der Waals surface area contributed by atoms with Crippen molar-refractivity contribution >= 4 is 12.1 Å². The Hall–Kier alpha value is -2.66. The van der Waals surface area contributed by atoms with Gasteiger partial charge in [-0.05, 0) is 37.8 Å². The Labute approximate surface area is 178 Å². The van der Waals surface area contributed by atoms with Gasteiger partial charge in [-0.1, -0.05) is 48.7 Å². The molecule has 30 heavy (non-hydrogen) atoms. The third kappa shape index (κ3) is 3.21. The monoisotopic (exact) mass is 402 g/mol. The number of nitrogens with one attached hydrogen (secondary N) is 1. The van der Waals surface area contributed by atoms with Gasteiger partial charge in [0.15, 0.2) is 0 Å². The smallest absolute Gasteiger partial charge is 0.210 e. The number of fused-ring (bicyclic) bond motifs is 1. The standard InChI is InChI=1S/C25H30N4O/c1-19-9-11-20(12-10-19)24-22(29-14-5-4-8-23(29)27-24)16-25(21-6-2-3-7-21)17-26-13-15-28(25)18-30/h4-5,8-12,14,18,21,26H,2-3,6-7,13,15-17H2,1H3. The maximum absolute atomic E-state index is 12.2. The van der Waals surface area contributed by atoms with Crippen molar-refractivity contribution in [3.05, 3.63) is 59.9 Å². The predicted octanol–water partition coefficient (Wildman–Crippen LogP) is 3.84. The lowest BCUT2D eigenvalue weighted by molar-refractivity contribution is -0.128. The van der Waals surface area contributed by atoms with E-state index >= 15 is 0 Å². The predicted molar refractivity (Wildman–Crippen MR) is 119 cm³/mol. The third-order valence-electron chi connectivity index (χ3n) is 7.20. The molecule has 5 heteroatoms. The van der Waals surface area contributed by atoms with Gasteiger partial charge in [0.05, 0.1) is 16.9 Å². The van der Waals surface area contributed by atoms with Gasteiger partial charge in [0, 0.05) is 37.8 Å². The van der Waals surface area contributed by atoms with E-state index in [9.17, 15) is 4.79 Å². The van der Waals surface area contributed by atoms with Crippen LogP contribution < -0.4 is 5.32 Å². The molecule has 1 saturated heterocycles. The molecule has 1 amide bonds. The molecule has 5 nitrogen and oxygen atoms in total. The summed E-state index contributed by atoms with van der Waals surface area (Å²) in [5.74, 6) is 0.524. The second-order valence-corrected chi connectivity index (χ2v) is 8.94. The first kappa shape index (κ1) is 19.3. The number of hydrogen-bond donors (Lipinski definition) is 1. The number of aryl methyl sites for hydroxylation is 1. The van der Waals surface area contributed by atoms with E-state index in [-0.39, 0.29) is 5.54 Å². The van der Waals surface area contributed by atoms with Gasteiger partial charge in [-0.2, -0.15) is 0 Å².